The average Bonchev–Trinajstić information content (AvgIpc) is 2.89. The van der Waals surface area contributed by atoms with Crippen molar-refractivity contribution in [3.8, 4) is 0 Å². The minimum atomic E-state index is 0.479. The minimum absolute atomic E-state index is 0.479. The maximum Gasteiger partial charge on any atom is 0.154 e. The van der Waals surface area contributed by atoms with E-state index in [1.54, 1.807) is 16.0 Å². The first kappa shape index (κ1) is 13.9. The summed E-state index contributed by atoms with van der Waals surface area (Å²) in [6.07, 6.45) is 0. The van der Waals surface area contributed by atoms with Gasteiger partial charge in [0.1, 0.15) is 23.0 Å². The van der Waals surface area contributed by atoms with Gasteiger partial charge in [0, 0.05) is 4.88 Å². The molecule has 0 saturated carbocycles. The Morgan fingerprint density at radius 2 is 1.90 bits per heavy atom. The highest BCUT2D eigenvalue weighted by Crippen LogP contribution is 2.32. The van der Waals surface area contributed by atoms with Crippen LogP contribution in [0.2, 0.25) is 0 Å². The van der Waals surface area contributed by atoms with Crippen molar-refractivity contribution in [2.24, 2.45) is 5.84 Å². The molecule has 0 atom stereocenters. The number of nitrogens with one attached hydrogen (secondary N) is 1. The Kier molecular flexibility index (Phi) is 3.34. The van der Waals surface area contributed by atoms with Gasteiger partial charge in [0.15, 0.2) is 11.6 Å². The summed E-state index contributed by atoms with van der Waals surface area (Å²) >= 11 is 1.65. The number of anilines is 1. The molecule has 3 rings (SSSR count). The number of hydrazine groups is 1. The van der Waals surface area contributed by atoms with Crippen LogP contribution in [0.3, 0.4) is 0 Å². The van der Waals surface area contributed by atoms with Crippen LogP contribution >= 0.6 is 11.3 Å². The van der Waals surface area contributed by atoms with Crippen molar-refractivity contribution in [1.82, 2.24) is 24.7 Å². The van der Waals surface area contributed by atoms with Crippen LogP contribution in [0.1, 0.15) is 27.9 Å². The van der Waals surface area contributed by atoms with Gasteiger partial charge in [-0.3, -0.25) is 0 Å². The Morgan fingerprint density at radius 3 is 2.52 bits per heavy atom. The van der Waals surface area contributed by atoms with Crippen LogP contribution in [-0.2, 0) is 6.54 Å². The lowest BCUT2D eigenvalue weighted by Gasteiger charge is -2.07. The van der Waals surface area contributed by atoms with Crippen LogP contribution in [0.25, 0.3) is 10.2 Å². The molecule has 0 aliphatic heterocycles. The Labute approximate surface area is 126 Å². The molecule has 0 aliphatic rings. The third-order valence-corrected chi connectivity index (χ3v) is 4.57. The maximum absolute atomic E-state index is 5.62. The zero-order valence-corrected chi connectivity index (χ0v) is 13.2. The summed E-state index contributed by atoms with van der Waals surface area (Å²) in [5.41, 5.74) is 3.85. The van der Waals surface area contributed by atoms with Crippen molar-refractivity contribution < 1.29 is 0 Å². The van der Waals surface area contributed by atoms with Gasteiger partial charge in [0.05, 0.1) is 5.39 Å². The second kappa shape index (κ2) is 5.05. The number of nitrogens with two attached hydrogens (primary N) is 1. The molecular weight excluding hydrogens is 286 g/mol. The number of nitrogen functional groups attached to an aromatic ring is 1. The van der Waals surface area contributed by atoms with Crippen molar-refractivity contribution in [3.63, 3.8) is 0 Å². The van der Waals surface area contributed by atoms with E-state index >= 15 is 0 Å². The first-order chi connectivity index (χ1) is 9.99. The summed E-state index contributed by atoms with van der Waals surface area (Å²) in [6.45, 7) is 8.40. The summed E-state index contributed by atoms with van der Waals surface area (Å²) in [4.78, 5) is 15.6. The standard InChI is InChI=1S/C13H17N7S/c1-6-7(2)21-13-11(6)12(18-14)16-10(17-13)5-20-9(4)15-8(3)19-20/h5,14H2,1-4H3,(H,16,17,18). The van der Waals surface area contributed by atoms with Gasteiger partial charge in [-0.2, -0.15) is 5.10 Å². The second-order valence-corrected chi connectivity index (χ2v) is 6.16. The third kappa shape index (κ3) is 2.36. The first-order valence-electron chi connectivity index (χ1n) is 6.61. The van der Waals surface area contributed by atoms with E-state index in [-0.39, 0.29) is 0 Å². The smallest absolute Gasteiger partial charge is 0.154 e. The van der Waals surface area contributed by atoms with E-state index in [0.29, 0.717) is 18.2 Å². The molecule has 0 amide bonds. The lowest BCUT2D eigenvalue weighted by atomic mass is 10.2. The van der Waals surface area contributed by atoms with E-state index in [1.165, 1.54) is 10.4 Å². The molecule has 7 nitrogen and oxygen atoms in total. The molecule has 0 aliphatic carbocycles. The predicted molar refractivity (Wildman–Crippen MR) is 83.3 cm³/mol. The van der Waals surface area contributed by atoms with E-state index in [1.807, 2.05) is 13.8 Å². The molecule has 8 heteroatoms. The fraction of sp³-hybridized carbons (Fsp3) is 0.385. The molecule has 0 aromatic carbocycles. The van der Waals surface area contributed by atoms with Crippen LogP contribution in [0.4, 0.5) is 5.82 Å². The van der Waals surface area contributed by atoms with Gasteiger partial charge < -0.3 is 5.43 Å². The van der Waals surface area contributed by atoms with Crippen LogP contribution < -0.4 is 11.3 Å². The van der Waals surface area contributed by atoms with Crippen molar-refractivity contribution in [2.45, 2.75) is 34.2 Å². The SMILES string of the molecule is Cc1nc(C)n(Cc2nc(NN)c3c(C)c(C)sc3n2)n1. The Morgan fingerprint density at radius 1 is 1.14 bits per heavy atom. The number of aromatic nitrogens is 5. The fourth-order valence-electron chi connectivity index (χ4n) is 2.31. The minimum Gasteiger partial charge on any atom is -0.308 e. The second-order valence-electron chi connectivity index (χ2n) is 4.96. The first-order valence-corrected chi connectivity index (χ1v) is 7.42. The Bertz CT molecular complexity index is 818. The quantitative estimate of drug-likeness (QED) is 0.566. The molecule has 0 unspecified atom stereocenters. The highest BCUT2D eigenvalue weighted by molar-refractivity contribution is 7.18. The average molecular weight is 303 g/mol. The number of fused-ring (bicyclic) bond motifs is 1. The highest BCUT2D eigenvalue weighted by atomic mass is 32.1. The van der Waals surface area contributed by atoms with Gasteiger partial charge in [-0.1, -0.05) is 0 Å². The summed E-state index contributed by atoms with van der Waals surface area (Å²) in [7, 11) is 0. The van der Waals surface area contributed by atoms with Gasteiger partial charge >= 0.3 is 0 Å². The maximum atomic E-state index is 5.62. The normalized spacial score (nSPS) is 11.3. The summed E-state index contributed by atoms with van der Waals surface area (Å²) in [5, 5.41) is 5.34. The van der Waals surface area contributed by atoms with Crippen LogP contribution in [-0.4, -0.2) is 24.7 Å². The van der Waals surface area contributed by atoms with Crippen LogP contribution in [0.15, 0.2) is 0 Å². The van der Waals surface area contributed by atoms with Gasteiger partial charge in [0.25, 0.3) is 0 Å². The molecule has 0 radical (unpaired) electrons. The van der Waals surface area contributed by atoms with Crippen molar-refractivity contribution in [1.29, 1.82) is 0 Å². The van der Waals surface area contributed by atoms with Crippen molar-refractivity contribution in [2.75, 3.05) is 5.43 Å². The van der Waals surface area contributed by atoms with Crippen LogP contribution in [0, 0.1) is 27.7 Å². The summed E-state index contributed by atoms with van der Waals surface area (Å²) < 4.78 is 1.80. The van der Waals surface area contributed by atoms with E-state index in [2.05, 4.69) is 39.3 Å². The number of aryl methyl sites for hydroxylation is 4. The summed E-state index contributed by atoms with van der Waals surface area (Å²) in [6, 6.07) is 0. The monoisotopic (exact) mass is 303 g/mol. The number of nitrogens with zero attached hydrogens (tertiary/aromatic N) is 5. The topological polar surface area (TPSA) is 94.5 Å². The van der Waals surface area contributed by atoms with Gasteiger partial charge in [-0.05, 0) is 33.3 Å². The molecule has 0 bridgehead atoms. The number of hydrogen-bond donors (Lipinski definition) is 2. The highest BCUT2D eigenvalue weighted by Gasteiger charge is 2.15. The number of hydrogen-bond acceptors (Lipinski definition) is 7. The number of thiophene rings is 1. The molecule has 3 aromatic rings. The molecule has 0 spiro atoms. The molecule has 0 saturated heterocycles. The van der Waals surface area contributed by atoms with E-state index in [4.69, 9.17) is 5.84 Å². The molecule has 3 N–H and O–H groups in total. The predicted octanol–water partition coefficient (Wildman–Crippen LogP) is 1.85. The molecule has 3 aromatic heterocycles. The zero-order valence-electron chi connectivity index (χ0n) is 12.4. The van der Waals surface area contributed by atoms with Crippen LogP contribution in [0.5, 0.6) is 0 Å². The zero-order chi connectivity index (χ0) is 15.1. The van der Waals surface area contributed by atoms with Crippen molar-refractivity contribution >= 4 is 27.4 Å². The fourth-order valence-corrected chi connectivity index (χ4v) is 3.36. The Hall–Kier alpha value is -2.06. The van der Waals surface area contributed by atoms with Gasteiger partial charge in [0.2, 0.25) is 0 Å². The van der Waals surface area contributed by atoms with Gasteiger partial charge in [-0.25, -0.2) is 25.5 Å². The molecule has 0 fully saturated rings. The third-order valence-electron chi connectivity index (χ3n) is 3.47. The Balaban J connectivity index is 2.09. The van der Waals surface area contributed by atoms with Gasteiger partial charge in [-0.15, -0.1) is 11.3 Å². The molecule has 21 heavy (non-hydrogen) atoms. The summed E-state index contributed by atoms with van der Waals surface area (Å²) in [5.74, 6) is 8.54. The van der Waals surface area contributed by atoms with E-state index < -0.39 is 0 Å². The lowest BCUT2D eigenvalue weighted by Crippen LogP contribution is -2.13. The number of rotatable bonds is 3. The van der Waals surface area contributed by atoms with E-state index in [0.717, 1.165) is 21.9 Å². The molecule has 3 heterocycles. The largest absolute Gasteiger partial charge is 0.308 e. The van der Waals surface area contributed by atoms with Crippen molar-refractivity contribution in [3.05, 3.63) is 27.9 Å². The molecular formula is C13H17N7S. The lowest BCUT2D eigenvalue weighted by molar-refractivity contribution is 0.632. The van der Waals surface area contributed by atoms with E-state index in [9.17, 15) is 0 Å². The molecule has 110 valence electrons.